The number of carbonyl (C=O) groups excluding carboxylic acids is 6. The molecular formula is C62H73IN4O14. The Kier molecular flexibility index (Phi) is 25.0. The lowest BCUT2D eigenvalue weighted by Gasteiger charge is -2.36. The average molecular weight is 1230 g/mol. The standard InChI is InChI=1S/C31H36N2O7.C19H25IN2O5.C12H12O2/c1-31(30(36)32-2,27(34)21-40-28-6-4-5-17-38-28)33(3)29(35)25-15-13-23(14-16-25)8-7-22-9-11-24(12-10-22)18-39-26-19-37-20-26;1-19(18(25)21-2,15(23)12-27-16-6-4-5-11-26-16)22(3)17(24)13-7-9-14(20)10-8-13;1-2-10-3-5-11(6-4-10)7-14-12-8-13-9-12/h9-16,26,28H,4-6,17-21H2,1-3H3,(H,32,36);7-10,16H,4-6,11-12H2,1-3H3,(H,21,25);1,3-6,12H,7-9H2/t28?,31-;16?,19-;/m11./s1. The first-order chi connectivity index (χ1) is 39.0. The highest BCUT2D eigenvalue weighted by molar-refractivity contribution is 14.1. The van der Waals surface area contributed by atoms with Gasteiger partial charge in [-0.2, -0.15) is 0 Å². The first-order valence-electron chi connectivity index (χ1n) is 26.9. The van der Waals surface area contributed by atoms with Crippen molar-refractivity contribution in [3.63, 3.8) is 0 Å². The van der Waals surface area contributed by atoms with Gasteiger partial charge in [0.2, 0.25) is 0 Å². The zero-order chi connectivity index (χ0) is 58.4. The van der Waals surface area contributed by atoms with Crippen molar-refractivity contribution in [3.05, 3.63) is 140 Å². The van der Waals surface area contributed by atoms with Gasteiger partial charge in [0.25, 0.3) is 23.6 Å². The number of terminal acetylenes is 1. The zero-order valence-electron chi connectivity index (χ0n) is 46.9. The predicted molar refractivity (Wildman–Crippen MR) is 309 cm³/mol. The van der Waals surface area contributed by atoms with Gasteiger partial charge in [0.15, 0.2) is 35.2 Å². The van der Waals surface area contributed by atoms with Crippen molar-refractivity contribution in [2.45, 2.75) is 101 Å². The van der Waals surface area contributed by atoms with Gasteiger partial charge in [-0.1, -0.05) is 42.0 Å². The number of hydrogen-bond acceptors (Lipinski definition) is 14. The smallest absolute Gasteiger partial charge is 0.254 e. The van der Waals surface area contributed by atoms with E-state index in [1.807, 2.05) is 48.5 Å². The Bertz CT molecular complexity index is 2830. The van der Waals surface area contributed by atoms with Gasteiger partial charge < -0.3 is 58.3 Å². The van der Waals surface area contributed by atoms with Crippen LogP contribution in [0.15, 0.2) is 97.1 Å². The lowest BCUT2D eigenvalue weighted by Crippen LogP contribution is -2.62. The molecule has 8 rings (SSSR count). The minimum Gasteiger partial charge on any atom is -0.376 e. The normalized spacial score (nSPS) is 18.2. The SMILES string of the molecule is C#Cc1ccc(COC2COC2)cc1.CNC(=O)[C@@](C)(C(=O)COC1CCCCO1)N(C)C(=O)c1ccc(C#Cc2ccc(COC3COC3)cc2)cc1.CNC(=O)[C@@](C)(C(=O)COC1CCCCO1)N(C)C(=O)c1ccc(I)cc1. The van der Waals surface area contributed by atoms with Gasteiger partial charge in [0.1, 0.15) is 25.4 Å². The van der Waals surface area contributed by atoms with Crippen molar-refractivity contribution in [1.82, 2.24) is 20.4 Å². The van der Waals surface area contributed by atoms with Crippen LogP contribution in [0.3, 0.4) is 0 Å². The Morgan fingerprint density at radius 3 is 1.27 bits per heavy atom. The summed E-state index contributed by atoms with van der Waals surface area (Å²) in [7, 11) is 5.75. The molecule has 18 nitrogen and oxygen atoms in total. The van der Waals surface area contributed by atoms with Crippen LogP contribution in [-0.4, -0.2) is 162 Å². The number of benzene rings is 4. The van der Waals surface area contributed by atoms with Crippen molar-refractivity contribution in [1.29, 1.82) is 0 Å². The van der Waals surface area contributed by atoms with Crippen molar-refractivity contribution >= 4 is 57.8 Å². The van der Waals surface area contributed by atoms with E-state index in [2.05, 4.69) is 51.0 Å². The molecular weight excluding hydrogens is 1150 g/mol. The number of carbonyl (C=O) groups is 6. The lowest BCUT2D eigenvalue weighted by molar-refractivity contribution is -0.174. The Morgan fingerprint density at radius 1 is 0.568 bits per heavy atom. The summed E-state index contributed by atoms with van der Waals surface area (Å²) < 4.78 is 44.5. The topological polar surface area (TPSA) is 207 Å². The predicted octanol–water partition coefficient (Wildman–Crippen LogP) is 6.25. The molecule has 0 bridgehead atoms. The molecule has 4 amide bonds. The molecule has 2 N–H and O–H groups in total. The van der Waals surface area contributed by atoms with E-state index < -0.39 is 58.9 Å². The van der Waals surface area contributed by atoms with Gasteiger partial charge in [0, 0.05) is 72.8 Å². The largest absolute Gasteiger partial charge is 0.376 e. The first-order valence-corrected chi connectivity index (χ1v) is 28.0. The van der Waals surface area contributed by atoms with Gasteiger partial charge in [-0.3, -0.25) is 28.8 Å². The molecule has 4 heterocycles. The van der Waals surface area contributed by atoms with E-state index in [0.29, 0.717) is 63.6 Å². The lowest BCUT2D eigenvalue weighted by atomic mass is 9.92. The molecule has 4 atom stereocenters. The molecule has 2 unspecified atom stereocenters. The van der Waals surface area contributed by atoms with Crippen molar-refractivity contribution in [2.75, 3.05) is 81.0 Å². The van der Waals surface area contributed by atoms with Crippen LogP contribution in [0.25, 0.3) is 0 Å². The molecule has 81 heavy (non-hydrogen) atoms. The summed E-state index contributed by atoms with van der Waals surface area (Å²) in [6.07, 6.45) is 10.0. The second kappa shape index (κ2) is 31.7. The summed E-state index contributed by atoms with van der Waals surface area (Å²) in [6, 6.07) is 29.4. The molecule has 19 heteroatoms. The van der Waals surface area contributed by atoms with Crippen LogP contribution in [0, 0.1) is 27.8 Å². The fraction of sp³-hybridized carbons (Fsp3) is 0.452. The summed E-state index contributed by atoms with van der Waals surface area (Å²) in [5.41, 5.74) is 1.98. The summed E-state index contributed by atoms with van der Waals surface area (Å²) >= 11 is 2.14. The number of halogens is 1. The molecule has 4 saturated heterocycles. The van der Waals surface area contributed by atoms with Gasteiger partial charge in [-0.05, 0) is 159 Å². The zero-order valence-corrected chi connectivity index (χ0v) is 49.1. The highest BCUT2D eigenvalue weighted by Gasteiger charge is 2.48. The van der Waals surface area contributed by atoms with Crippen LogP contribution < -0.4 is 10.6 Å². The third kappa shape index (κ3) is 18.1. The van der Waals surface area contributed by atoms with E-state index >= 15 is 0 Å². The first kappa shape index (κ1) is 63.8. The maximum Gasteiger partial charge on any atom is 0.254 e. The van der Waals surface area contributed by atoms with Gasteiger partial charge in [0.05, 0.1) is 39.6 Å². The number of ketones is 2. The third-order valence-electron chi connectivity index (χ3n) is 14.3. The highest BCUT2D eigenvalue weighted by atomic mass is 127. The number of nitrogens with zero attached hydrogens (tertiary/aromatic N) is 2. The molecule has 432 valence electrons. The quantitative estimate of drug-likeness (QED) is 0.0570. The fourth-order valence-corrected chi connectivity index (χ4v) is 8.74. The second-order valence-electron chi connectivity index (χ2n) is 19.9. The van der Waals surface area contributed by atoms with Gasteiger partial charge in [-0.25, -0.2) is 0 Å². The van der Waals surface area contributed by atoms with E-state index in [-0.39, 0.29) is 25.4 Å². The van der Waals surface area contributed by atoms with E-state index in [9.17, 15) is 28.8 Å². The second-order valence-corrected chi connectivity index (χ2v) is 21.2. The van der Waals surface area contributed by atoms with E-state index in [1.165, 1.54) is 46.9 Å². The van der Waals surface area contributed by atoms with Crippen molar-refractivity contribution < 1.29 is 66.7 Å². The molecule has 4 aliphatic heterocycles. The van der Waals surface area contributed by atoms with Crippen molar-refractivity contribution in [3.8, 4) is 24.2 Å². The highest BCUT2D eigenvalue weighted by Crippen LogP contribution is 2.24. The number of amides is 4. The minimum absolute atomic E-state index is 0.183. The molecule has 4 aliphatic rings. The fourth-order valence-electron chi connectivity index (χ4n) is 8.38. The van der Waals surface area contributed by atoms with Crippen LogP contribution >= 0.6 is 22.6 Å². The Hall–Kier alpha value is -6.37. The molecule has 4 fully saturated rings. The molecule has 0 spiro atoms. The molecule has 4 aromatic carbocycles. The van der Waals surface area contributed by atoms with Crippen LogP contribution in [0.4, 0.5) is 0 Å². The molecule has 0 aliphatic carbocycles. The Labute approximate surface area is 488 Å². The van der Waals surface area contributed by atoms with E-state index in [0.717, 1.165) is 75.2 Å². The monoisotopic (exact) mass is 1220 g/mol. The van der Waals surface area contributed by atoms with Crippen molar-refractivity contribution in [2.24, 2.45) is 0 Å². The van der Waals surface area contributed by atoms with E-state index in [4.69, 9.17) is 44.3 Å². The summed E-state index contributed by atoms with van der Waals surface area (Å²) in [5.74, 6) is 5.71. The van der Waals surface area contributed by atoms with Crippen LogP contribution in [0.2, 0.25) is 0 Å². The number of Topliss-reactive ketones (excluding diaryl/α,β-unsaturated/α-hetero) is 2. The average Bonchev–Trinajstić information content (AvgIpc) is 3.56. The number of rotatable bonds is 20. The summed E-state index contributed by atoms with van der Waals surface area (Å²) in [5, 5.41) is 4.98. The van der Waals surface area contributed by atoms with Gasteiger partial charge >= 0.3 is 0 Å². The van der Waals surface area contributed by atoms with Gasteiger partial charge in [-0.15, -0.1) is 6.42 Å². The number of hydrogen-bond donors (Lipinski definition) is 2. The Morgan fingerprint density at radius 2 is 0.938 bits per heavy atom. The molecule has 0 aromatic heterocycles. The minimum atomic E-state index is -1.76. The maximum absolute atomic E-state index is 13.3. The summed E-state index contributed by atoms with van der Waals surface area (Å²) in [4.78, 5) is 80.0. The Balaban J connectivity index is 0.000000220. The summed E-state index contributed by atoms with van der Waals surface area (Å²) in [6.45, 7) is 7.31. The van der Waals surface area contributed by atoms with Crippen LogP contribution in [0.1, 0.15) is 101 Å². The number of nitrogens with one attached hydrogen (secondary N) is 2. The molecule has 4 aromatic rings. The maximum atomic E-state index is 13.3. The third-order valence-corrected chi connectivity index (χ3v) is 15.0. The molecule has 0 saturated carbocycles. The number of ether oxygens (including phenoxy) is 8. The van der Waals surface area contributed by atoms with Crippen LogP contribution in [0.5, 0.6) is 0 Å². The van der Waals surface area contributed by atoms with E-state index in [1.54, 1.807) is 48.5 Å². The molecule has 0 radical (unpaired) electrons. The van der Waals surface area contributed by atoms with Crippen LogP contribution in [-0.2, 0) is 70.3 Å². The number of likely N-dealkylation sites (N-methyl/N-ethyl adjacent to an activating group) is 4.